The second-order valence-electron chi connectivity index (χ2n) is 5.44. The Bertz CT molecular complexity index is 790. The summed E-state index contributed by atoms with van der Waals surface area (Å²) in [5, 5.41) is 0.608. The molecule has 2 N–H and O–H groups in total. The van der Waals surface area contributed by atoms with Crippen LogP contribution in [0.15, 0.2) is 53.4 Å². The summed E-state index contributed by atoms with van der Waals surface area (Å²) in [5.74, 6) is -0.191. The van der Waals surface area contributed by atoms with E-state index in [0.717, 1.165) is 5.56 Å². The van der Waals surface area contributed by atoms with E-state index in [0.29, 0.717) is 16.6 Å². The van der Waals surface area contributed by atoms with Crippen LogP contribution < -0.4 is 5.73 Å². The Kier molecular flexibility index (Phi) is 4.21. The molecule has 2 aromatic rings. The van der Waals surface area contributed by atoms with Crippen molar-refractivity contribution in [1.82, 2.24) is 0 Å². The maximum Gasteiger partial charge on any atom is 0.182 e. The Hall–Kier alpha value is -1.07. The van der Waals surface area contributed by atoms with Crippen LogP contribution in [-0.4, -0.2) is 20.2 Å². The van der Waals surface area contributed by atoms with E-state index in [1.54, 1.807) is 30.3 Å². The maximum absolute atomic E-state index is 12.8. The molecule has 0 radical (unpaired) electrons. The van der Waals surface area contributed by atoms with E-state index in [9.17, 15) is 8.42 Å². The Labute approximate surface area is 140 Å². The molecule has 0 bridgehead atoms. The lowest BCUT2D eigenvalue weighted by Crippen LogP contribution is -2.13. The van der Waals surface area contributed by atoms with Gasteiger partial charge in [0.15, 0.2) is 9.84 Å². The van der Waals surface area contributed by atoms with Crippen molar-refractivity contribution in [1.29, 1.82) is 0 Å². The number of nitrogens with two attached hydrogens (primary N) is 1. The fourth-order valence-electron chi connectivity index (χ4n) is 2.98. The molecule has 0 aliphatic heterocycles. The van der Waals surface area contributed by atoms with E-state index in [2.05, 4.69) is 0 Å². The summed E-state index contributed by atoms with van der Waals surface area (Å²) >= 11 is 11.8. The summed E-state index contributed by atoms with van der Waals surface area (Å²) in [5.41, 5.74) is 6.69. The fourth-order valence-corrected chi connectivity index (χ4v) is 5.53. The predicted octanol–water partition coefficient (Wildman–Crippen LogP) is 3.51. The van der Waals surface area contributed by atoms with Gasteiger partial charge in [0.2, 0.25) is 0 Å². The quantitative estimate of drug-likeness (QED) is 0.912. The van der Waals surface area contributed by atoms with E-state index < -0.39 is 15.1 Å². The molecule has 22 heavy (non-hydrogen) atoms. The third kappa shape index (κ3) is 2.76. The Morgan fingerprint density at radius 1 is 1.00 bits per heavy atom. The molecule has 0 amide bonds. The molecule has 3 atom stereocenters. The summed E-state index contributed by atoms with van der Waals surface area (Å²) in [7, 11) is -3.44. The normalized spacial score (nSPS) is 24.2. The lowest BCUT2D eigenvalue weighted by atomic mass is 10.1. The van der Waals surface area contributed by atoms with Crippen molar-refractivity contribution < 1.29 is 8.42 Å². The lowest BCUT2D eigenvalue weighted by Gasteiger charge is -2.05. The zero-order chi connectivity index (χ0) is 15.9. The van der Waals surface area contributed by atoms with Crippen molar-refractivity contribution in [2.24, 2.45) is 11.7 Å². The Balaban J connectivity index is 1.95. The van der Waals surface area contributed by atoms with E-state index in [1.807, 2.05) is 18.2 Å². The van der Waals surface area contributed by atoms with Gasteiger partial charge in [0, 0.05) is 16.0 Å². The van der Waals surface area contributed by atoms with Crippen molar-refractivity contribution in [2.75, 3.05) is 6.54 Å². The van der Waals surface area contributed by atoms with Gasteiger partial charge < -0.3 is 5.73 Å². The minimum absolute atomic E-state index is 0.0841. The average molecular weight is 356 g/mol. The molecule has 1 aliphatic carbocycles. The highest BCUT2D eigenvalue weighted by molar-refractivity contribution is 7.92. The van der Waals surface area contributed by atoms with Crippen molar-refractivity contribution in [2.45, 2.75) is 16.1 Å². The number of sulfone groups is 1. The summed E-state index contributed by atoms with van der Waals surface area (Å²) < 4.78 is 25.6. The van der Waals surface area contributed by atoms with Crippen LogP contribution >= 0.6 is 23.2 Å². The van der Waals surface area contributed by atoms with Gasteiger partial charge in [0.25, 0.3) is 0 Å². The smallest absolute Gasteiger partial charge is 0.182 e. The number of hydrogen-bond acceptors (Lipinski definition) is 3. The monoisotopic (exact) mass is 355 g/mol. The third-order valence-electron chi connectivity index (χ3n) is 4.10. The maximum atomic E-state index is 12.8. The molecular weight excluding hydrogens is 341 g/mol. The molecule has 116 valence electrons. The van der Waals surface area contributed by atoms with Gasteiger partial charge in [-0.2, -0.15) is 0 Å². The van der Waals surface area contributed by atoms with Crippen LogP contribution in [0.3, 0.4) is 0 Å². The van der Waals surface area contributed by atoms with Crippen molar-refractivity contribution in [3.8, 4) is 0 Å². The molecule has 6 heteroatoms. The first kappa shape index (κ1) is 15.8. The summed E-state index contributed by atoms with van der Waals surface area (Å²) in [6.07, 6.45) is 0. The zero-order valence-corrected chi connectivity index (χ0v) is 13.9. The van der Waals surface area contributed by atoms with Gasteiger partial charge in [-0.15, -0.1) is 0 Å². The van der Waals surface area contributed by atoms with E-state index >= 15 is 0 Å². The predicted molar refractivity (Wildman–Crippen MR) is 89.2 cm³/mol. The first-order valence-electron chi connectivity index (χ1n) is 6.90. The van der Waals surface area contributed by atoms with Crippen molar-refractivity contribution >= 4 is 33.0 Å². The van der Waals surface area contributed by atoms with Gasteiger partial charge in [-0.1, -0.05) is 35.3 Å². The number of hydrogen-bond donors (Lipinski definition) is 1. The van der Waals surface area contributed by atoms with Gasteiger partial charge in [0.1, 0.15) is 0 Å². The highest BCUT2D eigenvalue weighted by Crippen LogP contribution is 2.53. The topological polar surface area (TPSA) is 60.2 Å². The third-order valence-corrected chi connectivity index (χ3v) is 6.88. The van der Waals surface area contributed by atoms with Crippen LogP contribution in [0.5, 0.6) is 0 Å². The van der Waals surface area contributed by atoms with E-state index in [4.69, 9.17) is 28.9 Å². The molecular formula is C16H15Cl2NO2S. The highest BCUT2D eigenvalue weighted by Gasteiger charge is 2.58. The molecule has 0 unspecified atom stereocenters. The standard InChI is InChI=1S/C16H15Cl2NO2S/c17-11-4-6-13(7-5-11)22(20,21)16-14(9-19)15(16)10-2-1-3-12(18)8-10/h1-8,14-16H,9,19H2/t14-,15-,16+/m1/s1. The van der Waals surface area contributed by atoms with Gasteiger partial charge >= 0.3 is 0 Å². The number of halogens is 2. The summed E-state index contributed by atoms with van der Waals surface area (Å²) in [6.45, 7) is 0.328. The minimum atomic E-state index is -3.44. The number of benzene rings is 2. The Morgan fingerprint density at radius 2 is 1.68 bits per heavy atom. The molecule has 1 saturated carbocycles. The first-order chi connectivity index (χ1) is 10.4. The van der Waals surface area contributed by atoms with Crippen LogP contribution in [-0.2, 0) is 9.84 Å². The fraction of sp³-hybridized carbons (Fsp3) is 0.250. The zero-order valence-electron chi connectivity index (χ0n) is 11.6. The minimum Gasteiger partial charge on any atom is -0.330 e. The SMILES string of the molecule is NC[C@@H]1[C@@H](c2cccc(Cl)c2)[C@H]1S(=O)(=O)c1ccc(Cl)cc1. The average Bonchev–Trinajstić information content (AvgIpc) is 3.23. The van der Waals surface area contributed by atoms with E-state index in [1.165, 1.54) is 0 Å². The molecule has 0 heterocycles. The van der Waals surface area contributed by atoms with Gasteiger partial charge in [-0.25, -0.2) is 8.42 Å². The van der Waals surface area contributed by atoms with Crippen LogP contribution in [0.4, 0.5) is 0 Å². The molecule has 1 aliphatic rings. The van der Waals surface area contributed by atoms with Crippen LogP contribution in [0.25, 0.3) is 0 Å². The van der Waals surface area contributed by atoms with Gasteiger partial charge in [-0.05, 0) is 54.4 Å². The second-order valence-corrected chi connectivity index (χ2v) is 8.42. The molecule has 0 saturated heterocycles. The highest BCUT2D eigenvalue weighted by atomic mass is 35.5. The first-order valence-corrected chi connectivity index (χ1v) is 9.20. The van der Waals surface area contributed by atoms with Gasteiger partial charge in [-0.3, -0.25) is 0 Å². The second kappa shape index (κ2) is 5.85. The molecule has 3 nitrogen and oxygen atoms in total. The molecule has 3 rings (SSSR count). The largest absolute Gasteiger partial charge is 0.330 e. The van der Waals surface area contributed by atoms with Crippen LogP contribution in [0.1, 0.15) is 11.5 Å². The molecule has 1 fully saturated rings. The van der Waals surface area contributed by atoms with Crippen molar-refractivity contribution in [3.05, 3.63) is 64.1 Å². The summed E-state index contributed by atoms with van der Waals surface area (Å²) in [4.78, 5) is 0.282. The van der Waals surface area contributed by atoms with E-state index in [-0.39, 0.29) is 16.7 Å². The summed E-state index contributed by atoms with van der Waals surface area (Å²) in [6, 6.07) is 13.6. The molecule has 2 aromatic carbocycles. The molecule has 0 aromatic heterocycles. The van der Waals surface area contributed by atoms with Crippen molar-refractivity contribution in [3.63, 3.8) is 0 Å². The van der Waals surface area contributed by atoms with Gasteiger partial charge in [0.05, 0.1) is 10.1 Å². The number of rotatable bonds is 4. The van der Waals surface area contributed by atoms with Crippen LogP contribution in [0.2, 0.25) is 10.0 Å². The lowest BCUT2D eigenvalue weighted by molar-refractivity contribution is 0.591. The molecule has 0 spiro atoms. The Morgan fingerprint density at radius 3 is 2.27 bits per heavy atom. The van der Waals surface area contributed by atoms with Crippen LogP contribution in [0, 0.1) is 5.92 Å².